The van der Waals surface area contributed by atoms with Crippen LogP contribution < -0.4 is 10.1 Å². The van der Waals surface area contributed by atoms with Crippen LogP contribution in [0, 0.1) is 6.92 Å². The van der Waals surface area contributed by atoms with Crippen LogP contribution in [0.3, 0.4) is 0 Å². The van der Waals surface area contributed by atoms with Crippen molar-refractivity contribution in [2.45, 2.75) is 25.2 Å². The fourth-order valence-electron chi connectivity index (χ4n) is 3.17. The summed E-state index contributed by atoms with van der Waals surface area (Å²) in [6.45, 7) is 2.64. The summed E-state index contributed by atoms with van der Waals surface area (Å²) in [7, 11) is 1.32. The zero-order valence-electron chi connectivity index (χ0n) is 19.3. The average molecular weight is 493 g/mol. The van der Waals surface area contributed by atoms with Crippen LogP contribution in [0.5, 0.6) is 5.75 Å². The van der Waals surface area contributed by atoms with Gasteiger partial charge in [0.1, 0.15) is 18.1 Å². The quantitative estimate of drug-likeness (QED) is 0.258. The smallest absolute Gasteiger partial charge is 0.337 e. The van der Waals surface area contributed by atoms with Crippen LogP contribution >= 0.6 is 11.8 Å². The Hall–Kier alpha value is -4.05. The topological polar surface area (TPSA) is 108 Å². The number of amides is 1. The van der Waals surface area contributed by atoms with E-state index >= 15 is 0 Å². The molecule has 0 fully saturated rings. The predicted octanol–water partition coefficient (Wildman–Crippen LogP) is 4.32. The second-order valence-corrected chi connectivity index (χ2v) is 8.51. The summed E-state index contributed by atoms with van der Waals surface area (Å²) in [5, 5.41) is 11.9. The van der Waals surface area contributed by atoms with E-state index in [0.29, 0.717) is 28.8 Å². The highest BCUT2D eigenvalue weighted by Gasteiger charge is 2.17. The van der Waals surface area contributed by atoms with Crippen molar-refractivity contribution in [3.63, 3.8) is 0 Å². The molecule has 35 heavy (non-hydrogen) atoms. The molecule has 0 aliphatic heterocycles. The maximum Gasteiger partial charge on any atom is 0.337 e. The Morgan fingerprint density at radius 1 is 1.06 bits per heavy atom. The van der Waals surface area contributed by atoms with Crippen LogP contribution in [0.2, 0.25) is 0 Å². The van der Waals surface area contributed by atoms with Gasteiger partial charge in [0.15, 0.2) is 11.0 Å². The Morgan fingerprint density at radius 2 is 1.83 bits per heavy atom. The van der Waals surface area contributed by atoms with E-state index in [1.807, 2.05) is 47.9 Å². The highest BCUT2D eigenvalue weighted by Crippen LogP contribution is 2.21. The van der Waals surface area contributed by atoms with Gasteiger partial charge in [-0.25, -0.2) is 4.79 Å². The number of methoxy groups -OCH3 is 1. The standard InChI is InChI=1S/C25H24N4O5S/c1-17-5-11-20(12-6-17)34-15-22-27-28-25(29(22)14-21-4-3-13-33-21)35-16-23(30)26-19-9-7-18(8-10-19)24(31)32-2/h3-13H,14-16H2,1-2H3,(H,26,30). The molecule has 2 aromatic heterocycles. The molecule has 1 amide bonds. The molecule has 10 heteroatoms. The number of aryl methyl sites for hydroxylation is 1. The number of carbonyl (C=O) groups excluding carboxylic acids is 2. The Labute approximate surface area is 206 Å². The molecule has 0 radical (unpaired) electrons. The minimum Gasteiger partial charge on any atom is -0.486 e. The van der Waals surface area contributed by atoms with Crippen molar-refractivity contribution in [3.05, 3.63) is 89.6 Å². The van der Waals surface area contributed by atoms with Crippen LogP contribution in [0.15, 0.2) is 76.5 Å². The van der Waals surface area contributed by atoms with Gasteiger partial charge >= 0.3 is 5.97 Å². The molecule has 0 aliphatic rings. The van der Waals surface area contributed by atoms with Crippen molar-refractivity contribution in [1.82, 2.24) is 14.8 Å². The van der Waals surface area contributed by atoms with Gasteiger partial charge < -0.3 is 19.2 Å². The number of furan rings is 1. The van der Waals surface area contributed by atoms with Gasteiger partial charge in [-0.05, 0) is 55.5 Å². The highest BCUT2D eigenvalue weighted by molar-refractivity contribution is 7.99. The normalized spacial score (nSPS) is 10.7. The summed E-state index contributed by atoms with van der Waals surface area (Å²) < 4.78 is 17.9. The first-order valence-corrected chi connectivity index (χ1v) is 11.8. The first kappa shape index (κ1) is 24.1. The lowest BCUT2D eigenvalue weighted by Crippen LogP contribution is -2.15. The summed E-state index contributed by atoms with van der Waals surface area (Å²) in [4.78, 5) is 24.1. The molecule has 4 rings (SSSR count). The second-order valence-electron chi connectivity index (χ2n) is 7.57. The van der Waals surface area contributed by atoms with E-state index < -0.39 is 5.97 Å². The molecule has 180 valence electrons. The zero-order chi connectivity index (χ0) is 24.6. The third-order valence-corrected chi connectivity index (χ3v) is 5.97. The number of esters is 1. The van der Waals surface area contributed by atoms with E-state index in [1.165, 1.54) is 18.9 Å². The van der Waals surface area contributed by atoms with Crippen molar-refractivity contribution < 1.29 is 23.5 Å². The average Bonchev–Trinajstić information content (AvgIpc) is 3.53. The molecule has 0 saturated carbocycles. The monoisotopic (exact) mass is 492 g/mol. The van der Waals surface area contributed by atoms with E-state index in [9.17, 15) is 9.59 Å². The molecular formula is C25H24N4O5S. The van der Waals surface area contributed by atoms with Crippen LogP contribution in [0.4, 0.5) is 5.69 Å². The summed E-state index contributed by atoms with van der Waals surface area (Å²) in [6, 6.07) is 17.9. The molecule has 2 heterocycles. The summed E-state index contributed by atoms with van der Waals surface area (Å²) >= 11 is 1.26. The van der Waals surface area contributed by atoms with Crippen molar-refractivity contribution in [2.24, 2.45) is 0 Å². The van der Waals surface area contributed by atoms with Gasteiger partial charge in [0, 0.05) is 5.69 Å². The number of rotatable bonds is 10. The number of ether oxygens (including phenoxy) is 2. The number of anilines is 1. The molecule has 0 atom stereocenters. The molecule has 1 N–H and O–H groups in total. The van der Waals surface area contributed by atoms with Crippen molar-refractivity contribution >= 4 is 29.3 Å². The van der Waals surface area contributed by atoms with Gasteiger partial charge in [-0.1, -0.05) is 29.5 Å². The zero-order valence-corrected chi connectivity index (χ0v) is 20.1. The summed E-state index contributed by atoms with van der Waals surface area (Å²) in [6.07, 6.45) is 1.61. The Bertz CT molecular complexity index is 1270. The first-order chi connectivity index (χ1) is 17.0. The number of hydrogen-bond acceptors (Lipinski definition) is 8. The molecule has 4 aromatic rings. The number of benzene rings is 2. The summed E-state index contributed by atoms with van der Waals surface area (Å²) in [5.74, 6) is 1.55. The Balaban J connectivity index is 1.40. The first-order valence-electron chi connectivity index (χ1n) is 10.8. The fraction of sp³-hybridized carbons (Fsp3) is 0.200. The number of nitrogens with zero attached hydrogens (tertiary/aromatic N) is 3. The van der Waals surface area contributed by atoms with Crippen LogP contribution in [0.25, 0.3) is 0 Å². The van der Waals surface area contributed by atoms with Gasteiger partial charge in [0.2, 0.25) is 5.91 Å². The predicted molar refractivity (Wildman–Crippen MR) is 130 cm³/mol. The van der Waals surface area contributed by atoms with E-state index in [1.54, 1.807) is 30.5 Å². The number of thioether (sulfide) groups is 1. The summed E-state index contributed by atoms with van der Waals surface area (Å²) in [5.41, 5.74) is 2.13. The lowest BCUT2D eigenvalue weighted by molar-refractivity contribution is -0.113. The number of aromatic nitrogens is 3. The molecule has 0 saturated heterocycles. The van der Waals surface area contributed by atoms with Gasteiger partial charge in [0.25, 0.3) is 0 Å². The molecule has 0 spiro atoms. The molecular weight excluding hydrogens is 468 g/mol. The Morgan fingerprint density at radius 3 is 2.51 bits per heavy atom. The van der Waals surface area contributed by atoms with Crippen molar-refractivity contribution in [2.75, 3.05) is 18.2 Å². The molecule has 0 bridgehead atoms. The van der Waals surface area contributed by atoms with E-state index in [0.717, 1.165) is 17.1 Å². The minimum absolute atomic E-state index is 0.119. The van der Waals surface area contributed by atoms with Crippen molar-refractivity contribution in [1.29, 1.82) is 0 Å². The van der Waals surface area contributed by atoms with Crippen LogP contribution in [-0.2, 0) is 22.7 Å². The van der Waals surface area contributed by atoms with Gasteiger partial charge in [-0.3, -0.25) is 9.36 Å². The van der Waals surface area contributed by atoms with E-state index in [4.69, 9.17) is 9.15 Å². The number of carbonyl (C=O) groups is 2. The maximum atomic E-state index is 12.5. The second kappa shape index (κ2) is 11.4. The van der Waals surface area contributed by atoms with Gasteiger partial charge in [-0.15, -0.1) is 10.2 Å². The Kier molecular flexibility index (Phi) is 7.84. The van der Waals surface area contributed by atoms with Crippen LogP contribution in [-0.4, -0.2) is 39.5 Å². The van der Waals surface area contributed by atoms with Crippen LogP contribution in [0.1, 0.15) is 27.5 Å². The van der Waals surface area contributed by atoms with Crippen molar-refractivity contribution in [3.8, 4) is 5.75 Å². The molecule has 0 aliphatic carbocycles. The SMILES string of the molecule is COC(=O)c1ccc(NC(=O)CSc2nnc(COc3ccc(C)cc3)n2Cc2ccco2)cc1. The van der Waals surface area contributed by atoms with Gasteiger partial charge in [0.05, 0.1) is 31.2 Å². The third-order valence-electron chi connectivity index (χ3n) is 5.00. The van der Waals surface area contributed by atoms with E-state index in [2.05, 4.69) is 20.3 Å². The molecule has 0 unspecified atom stereocenters. The molecule has 9 nitrogen and oxygen atoms in total. The highest BCUT2D eigenvalue weighted by atomic mass is 32.2. The maximum absolute atomic E-state index is 12.5. The lowest BCUT2D eigenvalue weighted by Gasteiger charge is -2.10. The van der Waals surface area contributed by atoms with E-state index in [-0.39, 0.29) is 18.3 Å². The number of nitrogens with one attached hydrogen (secondary N) is 1. The number of hydrogen-bond donors (Lipinski definition) is 1. The minimum atomic E-state index is -0.434. The van der Waals surface area contributed by atoms with Gasteiger partial charge in [-0.2, -0.15) is 0 Å². The lowest BCUT2D eigenvalue weighted by atomic mass is 10.2. The molecule has 2 aromatic carbocycles. The fourth-order valence-corrected chi connectivity index (χ4v) is 3.92. The third kappa shape index (κ3) is 6.51. The largest absolute Gasteiger partial charge is 0.486 e.